The lowest BCUT2D eigenvalue weighted by Crippen LogP contribution is -2.50. The molecule has 1 rings (SSSR count). The average molecular weight is 187 g/mol. The molecule has 0 aromatic carbocycles. The van der Waals surface area contributed by atoms with Crippen LogP contribution in [0.5, 0.6) is 0 Å². The first-order valence-electron chi connectivity index (χ1n) is 4.51. The van der Waals surface area contributed by atoms with Crippen LogP contribution < -0.4 is 0 Å². The summed E-state index contributed by atoms with van der Waals surface area (Å²) in [5.74, 6) is -0.931. The monoisotopic (exact) mass is 187 g/mol. The van der Waals surface area contributed by atoms with Gasteiger partial charge in [0, 0.05) is 12.1 Å². The van der Waals surface area contributed by atoms with E-state index in [1.54, 1.807) is 0 Å². The summed E-state index contributed by atoms with van der Waals surface area (Å²) >= 11 is 0. The minimum Gasteiger partial charge on any atom is -0.480 e. The summed E-state index contributed by atoms with van der Waals surface area (Å²) < 4.78 is 0. The van der Waals surface area contributed by atoms with Crippen molar-refractivity contribution in [2.75, 3.05) is 6.54 Å². The zero-order chi connectivity index (χ0) is 10.2. The van der Waals surface area contributed by atoms with Crippen molar-refractivity contribution in [2.45, 2.75) is 44.9 Å². The van der Waals surface area contributed by atoms with Gasteiger partial charge in [0.2, 0.25) is 0 Å². The van der Waals surface area contributed by atoms with Crippen molar-refractivity contribution in [3.05, 3.63) is 0 Å². The number of aliphatic hydroxyl groups excluding tert-OH is 1. The van der Waals surface area contributed by atoms with Gasteiger partial charge in [-0.25, -0.2) is 0 Å². The van der Waals surface area contributed by atoms with Gasteiger partial charge in [0.15, 0.2) is 0 Å². The molecule has 1 unspecified atom stereocenters. The molecule has 0 aliphatic carbocycles. The van der Waals surface area contributed by atoms with Crippen molar-refractivity contribution in [1.29, 1.82) is 0 Å². The summed E-state index contributed by atoms with van der Waals surface area (Å²) in [5.41, 5.74) is -0.194. The normalized spacial score (nSPS) is 30.8. The molecule has 0 radical (unpaired) electrons. The standard InChI is InChI=1S/C9H17NO3/c1-9(2,3)10-5-4-6(11)7(10)8(12)13/h6-7,11H,4-5H2,1-3H3,(H,12,13)/t6?,7-/m0/s1. The molecule has 1 fully saturated rings. The lowest BCUT2D eigenvalue weighted by Gasteiger charge is -2.35. The molecule has 4 heteroatoms. The molecule has 13 heavy (non-hydrogen) atoms. The molecule has 1 saturated heterocycles. The zero-order valence-corrected chi connectivity index (χ0v) is 8.32. The van der Waals surface area contributed by atoms with Crippen molar-refractivity contribution in [3.8, 4) is 0 Å². The second-order valence-corrected chi connectivity index (χ2v) is 4.50. The van der Waals surface area contributed by atoms with Crippen molar-refractivity contribution in [2.24, 2.45) is 0 Å². The first-order chi connectivity index (χ1) is 5.84. The van der Waals surface area contributed by atoms with Crippen LogP contribution in [-0.4, -0.2) is 45.3 Å². The maximum atomic E-state index is 10.9. The van der Waals surface area contributed by atoms with Crippen molar-refractivity contribution in [3.63, 3.8) is 0 Å². The van der Waals surface area contributed by atoms with E-state index in [9.17, 15) is 9.90 Å². The number of hydrogen-bond donors (Lipinski definition) is 2. The van der Waals surface area contributed by atoms with Crippen LogP contribution in [0.4, 0.5) is 0 Å². The third kappa shape index (κ3) is 2.00. The molecule has 2 atom stereocenters. The number of hydrogen-bond acceptors (Lipinski definition) is 3. The lowest BCUT2D eigenvalue weighted by molar-refractivity contribution is -0.147. The smallest absolute Gasteiger partial charge is 0.323 e. The highest BCUT2D eigenvalue weighted by Gasteiger charge is 2.43. The summed E-state index contributed by atoms with van der Waals surface area (Å²) in [6, 6.07) is -0.736. The Morgan fingerprint density at radius 2 is 2.00 bits per heavy atom. The van der Waals surface area contributed by atoms with Crippen LogP contribution in [0.15, 0.2) is 0 Å². The molecule has 0 aromatic rings. The number of rotatable bonds is 1. The Morgan fingerprint density at radius 1 is 1.46 bits per heavy atom. The van der Waals surface area contributed by atoms with Crippen LogP contribution in [0.2, 0.25) is 0 Å². The fourth-order valence-electron chi connectivity index (χ4n) is 1.83. The van der Waals surface area contributed by atoms with Crippen LogP contribution in [0.25, 0.3) is 0 Å². The van der Waals surface area contributed by atoms with Gasteiger partial charge >= 0.3 is 5.97 Å². The van der Waals surface area contributed by atoms with Crippen LogP contribution in [0.1, 0.15) is 27.2 Å². The molecule has 1 aliphatic rings. The van der Waals surface area contributed by atoms with Crippen molar-refractivity contribution in [1.82, 2.24) is 4.90 Å². The summed E-state index contributed by atoms with van der Waals surface area (Å²) in [6.45, 7) is 6.53. The van der Waals surface area contributed by atoms with Crippen LogP contribution in [0.3, 0.4) is 0 Å². The number of carboxylic acid groups (broad SMARTS) is 1. The predicted octanol–water partition coefficient (Wildman–Crippen LogP) is 0.305. The van der Waals surface area contributed by atoms with Gasteiger partial charge < -0.3 is 10.2 Å². The molecular formula is C9H17NO3. The third-order valence-electron chi connectivity index (χ3n) is 2.48. The quantitative estimate of drug-likeness (QED) is 0.620. The SMILES string of the molecule is CC(C)(C)N1CCC(O)[C@H]1C(=O)O. The van der Waals surface area contributed by atoms with Gasteiger partial charge in [-0.3, -0.25) is 9.69 Å². The molecule has 4 nitrogen and oxygen atoms in total. The van der Waals surface area contributed by atoms with Crippen LogP contribution in [-0.2, 0) is 4.79 Å². The second kappa shape index (κ2) is 3.27. The first kappa shape index (κ1) is 10.5. The number of aliphatic hydroxyl groups is 1. The Labute approximate surface area is 78.2 Å². The summed E-state index contributed by atoms with van der Waals surface area (Å²) in [6.07, 6.45) is -0.175. The van der Waals surface area contributed by atoms with Gasteiger partial charge in [-0.1, -0.05) is 0 Å². The number of carboxylic acids is 1. The Morgan fingerprint density at radius 3 is 2.31 bits per heavy atom. The number of likely N-dealkylation sites (tertiary alicyclic amines) is 1. The zero-order valence-electron chi connectivity index (χ0n) is 8.32. The molecular weight excluding hydrogens is 170 g/mol. The van der Waals surface area contributed by atoms with Gasteiger partial charge in [0.1, 0.15) is 6.04 Å². The summed E-state index contributed by atoms with van der Waals surface area (Å²) in [5, 5.41) is 18.4. The van der Waals surface area contributed by atoms with Crippen molar-refractivity contribution < 1.29 is 15.0 Å². The van der Waals surface area contributed by atoms with E-state index >= 15 is 0 Å². The second-order valence-electron chi connectivity index (χ2n) is 4.50. The van der Waals surface area contributed by atoms with E-state index in [0.717, 1.165) is 0 Å². The van der Waals surface area contributed by atoms with E-state index in [2.05, 4.69) is 0 Å². The van der Waals surface area contributed by atoms with E-state index in [-0.39, 0.29) is 5.54 Å². The predicted molar refractivity (Wildman–Crippen MR) is 48.5 cm³/mol. The molecule has 0 aromatic heterocycles. The van der Waals surface area contributed by atoms with Gasteiger partial charge in [-0.15, -0.1) is 0 Å². The number of aliphatic carboxylic acids is 1. The van der Waals surface area contributed by atoms with E-state index in [0.29, 0.717) is 13.0 Å². The van der Waals surface area contributed by atoms with Crippen LogP contribution >= 0.6 is 0 Å². The Balaban J connectivity index is 2.82. The molecule has 2 N–H and O–H groups in total. The Hall–Kier alpha value is -0.610. The van der Waals surface area contributed by atoms with Gasteiger partial charge in [0.25, 0.3) is 0 Å². The van der Waals surface area contributed by atoms with Crippen molar-refractivity contribution >= 4 is 5.97 Å². The fraction of sp³-hybridized carbons (Fsp3) is 0.889. The molecule has 76 valence electrons. The molecule has 1 aliphatic heterocycles. The highest BCUT2D eigenvalue weighted by Crippen LogP contribution is 2.26. The molecule has 0 bridgehead atoms. The van der Waals surface area contributed by atoms with E-state index < -0.39 is 18.1 Å². The van der Waals surface area contributed by atoms with E-state index in [4.69, 9.17) is 5.11 Å². The summed E-state index contributed by atoms with van der Waals surface area (Å²) in [7, 11) is 0. The fourth-order valence-corrected chi connectivity index (χ4v) is 1.83. The minimum atomic E-state index is -0.931. The highest BCUT2D eigenvalue weighted by molar-refractivity contribution is 5.74. The minimum absolute atomic E-state index is 0.194. The first-order valence-corrected chi connectivity index (χ1v) is 4.51. The average Bonchev–Trinajstić information content (AvgIpc) is 2.28. The van der Waals surface area contributed by atoms with Gasteiger partial charge in [0.05, 0.1) is 6.10 Å². The molecule has 0 spiro atoms. The van der Waals surface area contributed by atoms with Gasteiger partial charge in [-0.2, -0.15) is 0 Å². The topological polar surface area (TPSA) is 60.8 Å². The maximum Gasteiger partial charge on any atom is 0.323 e. The summed E-state index contributed by atoms with van der Waals surface area (Å²) in [4.78, 5) is 12.7. The Bertz CT molecular complexity index is 209. The van der Waals surface area contributed by atoms with Gasteiger partial charge in [-0.05, 0) is 27.2 Å². The van der Waals surface area contributed by atoms with E-state index in [1.807, 2.05) is 25.7 Å². The molecule has 0 saturated carbocycles. The number of carbonyl (C=O) groups is 1. The lowest BCUT2D eigenvalue weighted by atomic mass is 10.0. The molecule has 0 amide bonds. The largest absolute Gasteiger partial charge is 0.480 e. The molecule has 1 heterocycles. The van der Waals surface area contributed by atoms with E-state index in [1.165, 1.54) is 0 Å². The third-order valence-corrected chi connectivity index (χ3v) is 2.48. The number of nitrogens with zero attached hydrogens (tertiary/aromatic N) is 1. The maximum absolute atomic E-state index is 10.9. The van der Waals surface area contributed by atoms with Crippen LogP contribution in [0, 0.1) is 0 Å². The highest BCUT2D eigenvalue weighted by atomic mass is 16.4. The Kier molecular flexibility index (Phi) is 2.63.